The Hall–Kier alpha value is -1.68. The highest BCUT2D eigenvalue weighted by Gasteiger charge is 2.18. The van der Waals surface area contributed by atoms with E-state index in [1.165, 1.54) is 0 Å². The van der Waals surface area contributed by atoms with Crippen molar-refractivity contribution >= 4 is 21.7 Å². The monoisotopic (exact) mass is 303 g/mol. The van der Waals surface area contributed by atoms with Crippen LogP contribution in [0.4, 0.5) is 0 Å². The van der Waals surface area contributed by atoms with Crippen LogP contribution in [-0.4, -0.2) is 17.4 Å². The molecule has 0 radical (unpaired) electrons. The van der Waals surface area contributed by atoms with Crippen molar-refractivity contribution in [2.45, 2.75) is 6.42 Å². The van der Waals surface area contributed by atoms with Gasteiger partial charge in [0.1, 0.15) is 11.4 Å². The summed E-state index contributed by atoms with van der Waals surface area (Å²) in [6, 6.07) is 9.14. The molecule has 0 aliphatic carbocycles. The summed E-state index contributed by atoms with van der Waals surface area (Å²) in [6.45, 7) is 0.695. The minimum Gasteiger partial charge on any atom is -0.493 e. The SMILES string of the molecule is O=C(c1ccc2c(c1)CCO2)c1ncccc1Br. The maximum atomic E-state index is 12.3. The van der Waals surface area contributed by atoms with Gasteiger partial charge in [0.05, 0.1) is 6.61 Å². The minimum atomic E-state index is -0.0721. The van der Waals surface area contributed by atoms with E-state index in [1.807, 2.05) is 18.2 Å². The fourth-order valence-corrected chi connectivity index (χ4v) is 2.45. The first-order valence-corrected chi connectivity index (χ1v) is 6.46. The number of ether oxygens (including phenoxy) is 1. The molecule has 0 spiro atoms. The number of hydrogen-bond donors (Lipinski definition) is 0. The number of fused-ring (bicyclic) bond motifs is 1. The first-order valence-electron chi connectivity index (χ1n) is 5.66. The van der Waals surface area contributed by atoms with E-state index in [-0.39, 0.29) is 5.78 Å². The second-order valence-electron chi connectivity index (χ2n) is 4.08. The van der Waals surface area contributed by atoms with Crippen LogP contribution in [0.2, 0.25) is 0 Å². The van der Waals surface area contributed by atoms with Gasteiger partial charge in [-0.1, -0.05) is 0 Å². The van der Waals surface area contributed by atoms with Gasteiger partial charge in [0.15, 0.2) is 0 Å². The third kappa shape index (κ3) is 1.93. The summed E-state index contributed by atoms with van der Waals surface area (Å²) in [5, 5.41) is 0. The van der Waals surface area contributed by atoms with Gasteiger partial charge in [-0.05, 0) is 51.8 Å². The summed E-state index contributed by atoms with van der Waals surface area (Å²) in [7, 11) is 0. The van der Waals surface area contributed by atoms with Crippen molar-refractivity contribution in [3.63, 3.8) is 0 Å². The smallest absolute Gasteiger partial charge is 0.212 e. The van der Waals surface area contributed by atoms with E-state index in [0.29, 0.717) is 22.3 Å². The lowest BCUT2D eigenvalue weighted by Crippen LogP contribution is -2.05. The molecule has 18 heavy (non-hydrogen) atoms. The molecule has 3 nitrogen and oxygen atoms in total. The maximum absolute atomic E-state index is 12.3. The van der Waals surface area contributed by atoms with Crippen LogP contribution in [0, 0.1) is 0 Å². The van der Waals surface area contributed by atoms with E-state index in [9.17, 15) is 4.79 Å². The highest BCUT2D eigenvalue weighted by Crippen LogP contribution is 2.27. The Kier molecular flexibility index (Phi) is 2.88. The molecule has 0 amide bonds. The van der Waals surface area contributed by atoms with Crippen LogP contribution in [0.25, 0.3) is 0 Å². The number of halogens is 1. The molecule has 0 saturated carbocycles. The van der Waals surface area contributed by atoms with Crippen molar-refractivity contribution in [1.29, 1.82) is 0 Å². The number of pyridine rings is 1. The number of hydrogen-bond acceptors (Lipinski definition) is 3. The van der Waals surface area contributed by atoms with E-state index in [4.69, 9.17) is 4.74 Å². The molecule has 0 saturated heterocycles. The molecule has 0 bridgehead atoms. The summed E-state index contributed by atoms with van der Waals surface area (Å²) >= 11 is 3.35. The van der Waals surface area contributed by atoms with Gasteiger partial charge in [-0.3, -0.25) is 9.78 Å². The highest BCUT2D eigenvalue weighted by atomic mass is 79.9. The number of carbonyl (C=O) groups excluding carboxylic acids is 1. The van der Waals surface area contributed by atoms with Crippen LogP contribution >= 0.6 is 15.9 Å². The van der Waals surface area contributed by atoms with Gasteiger partial charge >= 0.3 is 0 Å². The van der Waals surface area contributed by atoms with E-state index in [2.05, 4.69) is 20.9 Å². The standard InChI is InChI=1S/C14H10BrNO2/c15-11-2-1-6-16-13(11)14(17)10-3-4-12-9(8-10)5-7-18-12/h1-4,6,8H,5,7H2. The van der Waals surface area contributed by atoms with Gasteiger partial charge in [-0.15, -0.1) is 0 Å². The van der Waals surface area contributed by atoms with Crippen LogP contribution < -0.4 is 4.74 Å². The molecule has 4 heteroatoms. The van der Waals surface area contributed by atoms with E-state index in [1.54, 1.807) is 18.3 Å². The number of aromatic nitrogens is 1. The quantitative estimate of drug-likeness (QED) is 0.801. The molecule has 1 aromatic heterocycles. The van der Waals surface area contributed by atoms with Gasteiger partial charge < -0.3 is 4.74 Å². The Morgan fingerprint density at radius 2 is 2.22 bits per heavy atom. The van der Waals surface area contributed by atoms with Crippen molar-refractivity contribution < 1.29 is 9.53 Å². The summed E-state index contributed by atoms with van der Waals surface area (Å²) in [5.74, 6) is 0.809. The lowest BCUT2D eigenvalue weighted by molar-refractivity contribution is 0.103. The highest BCUT2D eigenvalue weighted by molar-refractivity contribution is 9.10. The summed E-state index contributed by atoms with van der Waals surface area (Å²) in [5.41, 5.74) is 2.18. The molecule has 3 rings (SSSR count). The number of ketones is 1. The minimum absolute atomic E-state index is 0.0721. The molecule has 0 N–H and O–H groups in total. The zero-order valence-electron chi connectivity index (χ0n) is 9.52. The third-order valence-corrected chi connectivity index (χ3v) is 3.57. The Labute approximate surface area is 113 Å². The number of benzene rings is 1. The maximum Gasteiger partial charge on any atom is 0.212 e. The molecule has 0 unspecified atom stereocenters. The van der Waals surface area contributed by atoms with E-state index < -0.39 is 0 Å². The molecular formula is C14H10BrNO2. The lowest BCUT2D eigenvalue weighted by Gasteiger charge is -2.04. The summed E-state index contributed by atoms with van der Waals surface area (Å²) < 4.78 is 6.14. The van der Waals surface area contributed by atoms with E-state index in [0.717, 1.165) is 17.7 Å². The zero-order chi connectivity index (χ0) is 12.5. The van der Waals surface area contributed by atoms with Crippen molar-refractivity contribution in [3.05, 3.63) is 57.8 Å². The second kappa shape index (κ2) is 4.53. The van der Waals surface area contributed by atoms with Crippen LogP contribution in [0.5, 0.6) is 5.75 Å². The average molecular weight is 304 g/mol. The first kappa shape index (κ1) is 11.4. The normalized spacial score (nSPS) is 12.9. The Morgan fingerprint density at radius 1 is 1.33 bits per heavy atom. The van der Waals surface area contributed by atoms with Crippen LogP contribution in [-0.2, 0) is 6.42 Å². The molecular weight excluding hydrogens is 294 g/mol. The molecule has 2 heterocycles. The molecule has 90 valence electrons. The molecule has 1 aromatic carbocycles. The fraction of sp³-hybridized carbons (Fsp3) is 0.143. The third-order valence-electron chi connectivity index (χ3n) is 2.93. The molecule has 0 atom stereocenters. The predicted octanol–water partition coefficient (Wildman–Crippen LogP) is 3.01. The average Bonchev–Trinajstić information content (AvgIpc) is 2.85. The molecule has 1 aliphatic heterocycles. The van der Waals surface area contributed by atoms with Gasteiger partial charge in [0, 0.05) is 22.7 Å². The van der Waals surface area contributed by atoms with Crippen LogP contribution in [0.15, 0.2) is 41.0 Å². The molecule has 1 aliphatic rings. The topological polar surface area (TPSA) is 39.2 Å². The summed E-state index contributed by atoms with van der Waals surface area (Å²) in [6.07, 6.45) is 2.48. The van der Waals surface area contributed by atoms with Crippen molar-refractivity contribution in [2.75, 3.05) is 6.61 Å². The number of rotatable bonds is 2. The van der Waals surface area contributed by atoms with Gasteiger partial charge in [-0.25, -0.2) is 0 Å². The molecule has 2 aromatic rings. The Balaban J connectivity index is 2.01. The first-order chi connectivity index (χ1) is 8.75. The van der Waals surface area contributed by atoms with Crippen molar-refractivity contribution in [3.8, 4) is 5.75 Å². The van der Waals surface area contributed by atoms with Gasteiger partial charge in [0.25, 0.3) is 0 Å². The van der Waals surface area contributed by atoms with Crippen molar-refractivity contribution in [2.24, 2.45) is 0 Å². The lowest BCUT2D eigenvalue weighted by atomic mass is 10.0. The van der Waals surface area contributed by atoms with Crippen molar-refractivity contribution in [1.82, 2.24) is 4.98 Å². The van der Waals surface area contributed by atoms with Crippen LogP contribution in [0.3, 0.4) is 0 Å². The van der Waals surface area contributed by atoms with E-state index >= 15 is 0 Å². The number of nitrogens with zero attached hydrogens (tertiary/aromatic N) is 1. The fourth-order valence-electron chi connectivity index (χ4n) is 2.02. The largest absolute Gasteiger partial charge is 0.493 e. The Morgan fingerprint density at radius 3 is 3.06 bits per heavy atom. The summed E-state index contributed by atoms with van der Waals surface area (Å²) in [4.78, 5) is 16.5. The zero-order valence-corrected chi connectivity index (χ0v) is 11.1. The Bertz CT molecular complexity index is 625. The second-order valence-corrected chi connectivity index (χ2v) is 4.94. The van der Waals surface area contributed by atoms with Gasteiger partial charge in [-0.2, -0.15) is 0 Å². The molecule has 0 fully saturated rings. The van der Waals surface area contributed by atoms with Crippen LogP contribution in [0.1, 0.15) is 21.6 Å². The number of carbonyl (C=O) groups is 1. The van der Waals surface area contributed by atoms with Gasteiger partial charge in [0.2, 0.25) is 5.78 Å². The predicted molar refractivity (Wildman–Crippen MR) is 71.0 cm³/mol.